The van der Waals surface area contributed by atoms with Crippen LogP contribution in [-0.2, 0) is 14.3 Å². The van der Waals surface area contributed by atoms with Gasteiger partial charge < -0.3 is 9.64 Å². The van der Waals surface area contributed by atoms with Crippen molar-refractivity contribution >= 4 is 11.9 Å². The van der Waals surface area contributed by atoms with Crippen LogP contribution in [0.2, 0.25) is 0 Å². The van der Waals surface area contributed by atoms with Gasteiger partial charge in [0.1, 0.15) is 0 Å². The lowest BCUT2D eigenvalue weighted by Crippen LogP contribution is -2.31. The number of carbonyl (C=O) groups excluding carboxylic acids is 2. The number of esters is 1. The summed E-state index contributed by atoms with van der Waals surface area (Å²) in [6, 6.07) is 0. The number of carbonyl (C=O) groups is 2. The SMILES string of the molecule is CCCCC/C(=C\N1CCCCC1=O)C(=O)OC. The Morgan fingerprint density at radius 3 is 2.78 bits per heavy atom. The second kappa shape index (κ2) is 7.90. The van der Waals surface area contributed by atoms with E-state index in [1.807, 2.05) is 0 Å². The number of hydrogen-bond donors (Lipinski definition) is 0. The van der Waals surface area contributed by atoms with E-state index in [2.05, 4.69) is 6.92 Å². The van der Waals surface area contributed by atoms with E-state index in [9.17, 15) is 9.59 Å². The van der Waals surface area contributed by atoms with E-state index < -0.39 is 0 Å². The Morgan fingerprint density at radius 1 is 1.39 bits per heavy atom. The van der Waals surface area contributed by atoms with Crippen molar-refractivity contribution in [3.63, 3.8) is 0 Å². The number of amides is 1. The van der Waals surface area contributed by atoms with Crippen molar-refractivity contribution in [2.75, 3.05) is 13.7 Å². The van der Waals surface area contributed by atoms with Gasteiger partial charge in [-0.1, -0.05) is 19.8 Å². The number of rotatable bonds is 6. The van der Waals surface area contributed by atoms with Crippen LogP contribution in [0.25, 0.3) is 0 Å². The summed E-state index contributed by atoms with van der Waals surface area (Å²) in [7, 11) is 1.38. The van der Waals surface area contributed by atoms with Gasteiger partial charge >= 0.3 is 5.97 Å². The van der Waals surface area contributed by atoms with Gasteiger partial charge in [0.2, 0.25) is 5.91 Å². The molecule has 0 spiro atoms. The van der Waals surface area contributed by atoms with Gasteiger partial charge in [0.15, 0.2) is 0 Å². The number of nitrogens with zero attached hydrogens (tertiary/aromatic N) is 1. The molecule has 0 aromatic rings. The van der Waals surface area contributed by atoms with Crippen molar-refractivity contribution in [3.8, 4) is 0 Å². The minimum atomic E-state index is -0.315. The van der Waals surface area contributed by atoms with Gasteiger partial charge in [-0.3, -0.25) is 4.79 Å². The minimum Gasteiger partial charge on any atom is -0.466 e. The largest absolute Gasteiger partial charge is 0.466 e. The summed E-state index contributed by atoms with van der Waals surface area (Å²) in [5.74, 6) is -0.206. The second-order valence-electron chi connectivity index (χ2n) is 4.65. The molecular weight excluding hydrogens is 230 g/mol. The number of likely N-dealkylation sites (tertiary alicyclic amines) is 1. The molecule has 0 aliphatic carbocycles. The van der Waals surface area contributed by atoms with Gasteiger partial charge in [0.05, 0.1) is 12.7 Å². The van der Waals surface area contributed by atoms with Crippen LogP contribution in [0.15, 0.2) is 11.8 Å². The molecule has 1 aliphatic rings. The van der Waals surface area contributed by atoms with Gasteiger partial charge in [-0.2, -0.15) is 0 Å². The molecule has 0 N–H and O–H groups in total. The normalized spacial score (nSPS) is 16.9. The molecule has 4 heteroatoms. The van der Waals surface area contributed by atoms with Crippen LogP contribution >= 0.6 is 0 Å². The maximum absolute atomic E-state index is 11.7. The number of hydrogen-bond acceptors (Lipinski definition) is 3. The molecule has 1 rings (SSSR count). The molecule has 1 saturated heterocycles. The number of unbranched alkanes of at least 4 members (excludes halogenated alkanes) is 2. The summed E-state index contributed by atoms with van der Waals surface area (Å²) in [6.07, 6.45) is 8.07. The molecule has 0 aromatic heterocycles. The fraction of sp³-hybridized carbons (Fsp3) is 0.714. The van der Waals surface area contributed by atoms with Crippen LogP contribution in [0, 0.1) is 0 Å². The van der Waals surface area contributed by atoms with Crippen LogP contribution in [0.5, 0.6) is 0 Å². The third-order valence-electron chi connectivity index (χ3n) is 3.17. The third-order valence-corrected chi connectivity index (χ3v) is 3.17. The van der Waals surface area contributed by atoms with Crippen molar-refractivity contribution in [1.29, 1.82) is 0 Å². The Bertz CT molecular complexity index is 323. The lowest BCUT2D eigenvalue weighted by molar-refractivity contribution is -0.136. The van der Waals surface area contributed by atoms with Gasteiger partial charge in [0.25, 0.3) is 0 Å². The molecule has 0 saturated carbocycles. The Balaban J connectivity index is 2.67. The molecule has 1 amide bonds. The Hall–Kier alpha value is -1.32. The minimum absolute atomic E-state index is 0.109. The highest BCUT2D eigenvalue weighted by Gasteiger charge is 2.19. The first-order valence-electron chi connectivity index (χ1n) is 6.77. The number of piperidine rings is 1. The van der Waals surface area contributed by atoms with Crippen molar-refractivity contribution < 1.29 is 14.3 Å². The van der Waals surface area contributed by atoms with E-state index in [0.29, 0.717) is 25.0 Å². The van der Waals surface area contributed by atoms with E-state index in [-0.39, 0.29) is 11.9 Å². The average Bonchev–Trinajstić information content (AvgIpc) is 2.39. The molecule has 0 radical (unpaired) electrons. The van der Waals surface area contributed by atoms with Crippen molar-refractivity contribution in [2.45, 2.75) is 51.9 Å². The standard InChI is InChI=1S/C14H23NO3/c1-3-4-5-8-12(14(17)18-2)11-15-10-7-6-9-13(15)16/h11H,3-10H2,1-2H3/b12-11+. The van der Waals surface area contributed by atoms with Crippen LogP contribution < -0.4 is 0 Å². The smallest absolute Gasteiger partial charge is 0.335 e. The van der Waals surface area contributed by atoms with Gasteiger partial charge in [-0.15, -0.1) is 0 Å². The quantitative estimate of drug-likeness (QED) is 0.415. The monoisotopic (exact) mass is 253 g/mol. The molecule has 0 aromatic carbocycles. The van der Waals surface area contributed by atoms with E-state index in [4.69, 9.17) is 4.74 Å². The second-order valence-corrected chi connectivity index (χ2v) is 4.65. The molecular formula is C14H23NO3. The molecule has 102 valence electrons. The molecule has 1 heterocycles. The highest BCUT2D eigenvalue weighted by molar-refractivity contribution is 5.89. The fourth-order valence-electron chi connectivity index (χ4n) is 2.07. The summed E-state index contributed by atoms with van der Waals surface area (Å²) in [5, 5.41) is 0. The summed E-state index contributed by atoms with van der Waals surface area (Å²) < 4.78 is 4.77. The van der Waals surface area contributed by atoms with E-state index in [1.165, 1.54) is 7.11 Å². The molecule has 0 unspecified atom stereocenters. The first-order valence-corrected chi connectivity index (χ1v) is 6.77. The zero-order chi connectivity index (χ0) is 13.4. The highest BCUT2D eigenvalue weighted by Crippen LogP contribution is 2.16. The first-order chi connectivity index (χ1) is 8.69. The van der Waals surface area contributed by atoms with Crippen molar-refractivity contribution in [3.05, 3.63) is 11.8 Å². The van der Waals surface area contributed by atoms with Crippen LogP contribution in [-0.4, -0.2) is 30.4 Å². The molecule has 1 aliphatic heterocycles. The van der Waals surface area contributed by atoms with Crippen molar-refractivity contribution in [1.82, 2.24) is 4.90 Å². The maximum Gasteiger partial charge on any atom is 0.335 e. The van der Waals surface area contributed by atoms with Gasteiger partial charge in [0, 0.05) is 19.2 Å². The molecule has 4 nitrogen and oxygen atoms in total. The predicted molar refractivity (Wildman–Crippen MR) is 69.8 cm³/mol. The Kier molecular flexibility index (Phi) is 6.47. The van der Waals surface area contributed by atoms with E-state index >= 15 is 0 Å². The van der Waals surface area contributed by atoms with Crippen LogP contribution in [0.1, 0.15) is 51.9 Å². The zero-order valence-corrected chi connectivity index (χ0v) is 11.4. The number of ether oxygens (including phenoxy) is 1. The zero-order valence-electron chi connectivity index (χ0n) is 11.4. The fourth-order valence-corrected chi connectivity index (χ4v) is 2.07. The van der Waals surface area contributed by atoms with E-state index in [1.54, 1.807) is 11.1 Å². The predicted octanol–water partition coefficient (Wildman–Crippen LogP) is 2.64. The summed E-state index contributed by atoms with van der Waals surface area (Å²) in [4.78, 5) is 25.0. The molecule has 0 atom stereocenters. The Morgan fingerprint density at radius 2 is 2.17 bits per heavy atom. The Labute approximate surface area is 109 Å². The maximum atomic E-state index is 11.7. The lowest BCUT2D eigenvalue weighted by Gasteiger charge is -2.24. The first kappa shape index (κ1) is 14.7. The van der Waals surface area contributed by atoms with Gasteiger partial charge in [-0.25, -0.2) is 4.79 Å². The summed E-state index contributed by atoms with van der Waals surface area (Å²) >= 11 is 0. The van der Waals surface area contributed by atoms with Crippen molar-refractivity contribution in [2.24, 2.45) is 0 Å². The summed E-state index contributed by atoms with van der Waals surface area (Å²) in [6.45, 7) is 2.84. The highest BCUT2D eigenvalue weighted by atomic mass is 16.5. The summed E-state index contributed by atoms with van der Waals surface area (Å²) in [5.41, 5.74) is 0.612. The molecule has 1 fully saturated rings. The molecule has 18 heavy (non-hydrogen) atoms. The van der Waals surface area contributed by atoms with Crippen LogP contribution in [0.3, 0.4) is 0 Å². The topological polar surface area (TPSA) is 46.6 Å². The molecule has 0 bridgehead atoms. The average molecular weight is 253 g/mol. The number of methoxy groups -OCH3 is 1. The van der Waals surface area contributed by atoms with E-state index in [0.717, 1.165) is 32.1 Å². The van der Waals surface area contributed by atoms with Gasteiger partial charge in [-0.05, 0) is 25.7 Å². The lowest BCUT2D eigenvalue weighted by atomic mass is 10.1. The van der Waals surface area contributed by atoms with Crippen LogP contribution in [0.4, 0.5) is 0 Å². The third kappa shape index (κ3) is 4.51.